The monoisotopic (exact) mass is 547 g/mol. The van der Waals surface area contributed by atoms with Crippen LogP contribution in [0.4, 0.5) is 11.5 Å². The van der Waals surface area contributed by atoms with Crippen molar-refractivity contribution in [1.82, 2.24) is 24.6 Å². The van der Waals surface area contributed by atoms with E-state index in [-0.39, 0.29) is 11.6 Å². The third-order valence-electron chi connectivity index (χ3n) is 6.84. The van der Waals surface area contributed by atoms with E-state index in [0.717, 1.165) is 47.6 Å². The molecule has 1 aliphatic rings. The molecule has 3 heterocycles. The fraction of sp³-hybridized carbons (Fsp3) is 0.357. The summed E-state index contributed by atoms with van der Waals surface area (Å²) in [6.45, 7) is 6.65. The van der Waals surface area contributed by atoms with Gasteiger partial charge in [-0.25, -0.2) is 14.6 Å². The molecule has 0 N–H and O–H groups in total. The zero-order chi connectivity index (χ0) is 27.5. The van der Waals surface area contributed by atoms with Crippen LogP contribution in [0.5, 0.6) is 0 Å². The van der Waals surface area contributed by atoms with Crippen molar-refractivity contribution in [2.24, 2.45) is 5.92 Å². The Kier molecular flexibility index (Phi) is 7.74. The minimum Gasteiger partial charge on any atom is -0.354 e. The quantitative estimate of drug-likeness (QED) is 0.227. The normalized spacial score (nSPS) is 14.2. The first kappa shape index (κ1) is 26.6. The maximum absolute atomic E-state index is 13.2. The highest BCUT2D eigenvalue weighted by Gasteiger charge is 2.25. The zero-order valence-electron chi connectivity index (χ0n) is 22.0. The molecule has 0 radical (unpaired) electrons. The lowest BCUT2D eigenvalue weighted by Crippen LogP contribution is -2.35. The van der Waals surface area contributed by atoms with Gasteiger partial charge < -0.3 is 9.80 Å². The molecule has 1 amide bonds. The number of halogens is 1. The van der Waals surface area contributed by atoms with Gasteiger partial charge in [0.15, 0.2) is 5.65 Å². The molecule has 0 bridgehead atoms. The van der Waals surface area contributed by atoms with E-state index >= 15 is 0 Å². The van der Waals surface area contributed by atoms with E-state index in [2.05, 4.69) is 23.8 Å². The summed E-state index contributed by atoms with van der Waals surface area (Å²) in [6.07, 6.45) is 4.22. The molecule has 39 heavy (non-hydrogen) atoms. The molecular formula is C28H30ClN7O3. The Morgan fingerprint density at radius 1 is 1.08 bits per heavy atom. The largest absolute Gasteiger partial charge is 0.354 e. The number of nitro benzene ring substituents is 1. The predicted molar refractivity (Wildman–Crippen MR) is 151 cm³/mol. The second-order valence-corrected chi connectivity index (χ2v) is 10.5. The van der Waals surface area contributed by atoms with Crippen LogP contribution < -0.4 is 4.90 Å². The summed E-state index contributed by atoms with van der Waals surface area (Å²) in [6, 6.07) is 13.4. The predicted octanol–water partition coefficient (Wildman–Crippen LogP) is 5.32. The SMILES string of the molecule is CC(C)CCc1nc(N2CCCN(C(=O)c3cccc([N+](=O)[O-])c3)CC2)c2cnn(-c3cccc(Cl)c3)c2n1. The lowest BCUT2D eigenvalue weighted by molar-refractivity contribution is -0.384. The summed E-state index contributed by atoms with van der Waals surface area (Å²) in [4.78, 5) is 37.7. The maximum Gasteiger partial charge on any atom is 0.270 e. The van der Waals surface area contributed by atoms with E-state index < -0.39 is 4.92 Å². The fourth-order valence-electron chi connectivity index (χ4n) is 4.77. The van der Waals surface area contributed by atoms with Crippen LogP contribution in [-0.2, 0) is 6.42 Å². The van der Waals surface area contributed by atoms with Crippen LogP contribution in [0.15, 0.2) is 54.7 Å². The molecular weight excluding hydrogens is 518 g/mol. The molecule has 2 aromatic heterocycles. The van der Waals surface area contributed by atoms with Crippen molar-refractivity contribution in [3.05, 3.63) is 81.3 Å². The second-order valence-electron chi connectivity index (χ2n) is 10.1. The Bertz CT molecular complexity index is 1520. The van der Waals surface area contributed by atoms with Crippen LogP contribution in [0.2, 0.25) is 5.02 Å². The number of fused-ring (bicyclic) bond motifs is 1. The van der Waals surface area contributed by atoms with Gasteiger partial charge in [0.2, 0.25) is 0 Å². The third kappa shape index (κ3) is 5.85. The number of aryl methyl sites for hydroxylation is 1. The van der Waals surface area contributed by atoms with Gasteiger partial charge in [-0.3, -0.25) is 14.9 Å². The van der Waals surface area contributed by atoms with Crippen LogP contribution >= 0.6 is 11.6 Å². The van der Waals surface area contributed by atoms with E-state index in [0.29, 0.717) is 42.7 Å². The molecule has 1 aliphatic heterocycles. The fourth-order valence-corrected chi connectivity index (χ4v) is 4.96. The highest BCUT2D eigenvalue weighted by atomic mass is 35.5. The average Bonchev–Trinajstić information content (AvgIpc) is 3.20. The van der Waals surface area contributed by atoms with Crippen LogP contribution in [0.3, 0.4) is 0 Å². The Morgan fingerprint density at radius 2 is 1.90 bits per heavy atom. The Hall–Kier alpha value is -4.05. The first-order valence-electron chi connectivity index (χ1n) is 13.1. The molecule has 0 unspecified atom stereocenters. The lowest BCUT2D eigenvalue weighted by Gasteiger charge is -2.24. The van der Waals surface area contributed by atoms with Gasteiger partial charge in [0.25, 0.3) is 11.6 Å². The van der Waals surface area contributed by atoms with Crippen molar-refractivity contribution < 1.29 is 9.72 Å². The molecule has 0 atom stereocenters. The molecule has 0 saturated carbocycles. The Labute approximate surface area is 231 Å². The number of carbonyl (C=O) groups excluding carboxylic acids is 1. The topological polar surface area (TPSA) is 110 Å². The number of non-ortho nitro benzene ring substituents is 1. The van der Waals surface area contributed by atoms with E-state index in [4.69, 9.17) is 21.6 Å². The van der Waals surface area contributed by atoms with Gasteiger partial charge in [-0.2, -0.15) is 5.10 Å². The van der Waals surface area contributed by atoms with Gasteiger partial charge in [-0.05, 0) is 43.0 Å². The lowest BCUT2D eigenvalue weighted by atomic mass is 10.1. The summed E-state index contributed by atoms with van der Waals surface area (Å²) in [7, 11) is 0. The summed E-state index contributed by atoms with van der Waals surface area (Å²) in [5.74, 6) is 1.86. The van der Waals surface area contributed by atoms with E-state index in [1.165, 1.54) is 12.1 Å². The zero-order valence-corrected chi connectivity index (χ0v) is 22.7. The van der Waals surface area contributed by atoms with Gasteiger partial charge in [0, 0.05) is 55.3 Å². The number of nitro groups is 1. The van der Waals surface area contributed by atoms with Crippen molar-refractivity contribution in [1.29, 1.82) is 0 Å². The van der Waals surface area contributed by atoms with Crippen LogP contribution in [-0.4, -0.2) is 61.7 Å². The van der Waals surface area contributed by atoms with Gasteiger partial charge >= 0.3 is 0 Å². The molecule has 10 nitrogen and oxygen atoms in total. The Morgan fingerprint density at radius 3 is 2.67 bits per heavy atom. The number of aromatic nitrogens is 4. The van der Waals surface area contributed by atoms with Gasteiger partial charge in [-0.15, -0.1) is 0 Å². The second kappa shape index (κ2) is 11.4. The highest BCUT2D eigenvalue weighted by Crippen LogP contribution is 2.28. The minimum atomic E-state index is -0.484. The number of anilines is 1. The molecule has 202 valence electrons. The Balaban J connectivity index is 1.45. The van der Waals surface area contributed by atoms with Crippen molar-refractivity contribution >= 4 is 40.0 Å². The van der Waals surface area contributed by atoms with Gasteiger partial charge in [0.1, 0.15) is 11.6 Å². The standard InChI is InChI=1S/C28H30ClN7O3/c1-19(2)10-11-25-31-26(24-18-30-35(27(24)32-25)22-8-4-7-21(29)17-22)33-12-5-13-34(15-14-33)28(37)20-6-3-9-23(16-20)36(38)39/h3-4,6-9,16-19H,5,10-15H2,1-2H3. The summed E-state index contributed by atoms with van der Waals surface area (Å²) in [5.41, 5.74) is 1.77. The average molecular weight is 548 g/mol. The van der Waals surface area contributed by atoms with E-state index in [9.17, 15) is 14.9 Å². The smallest absolute Gasteiger partial charge is 0.270 e. The third-order valence-corrected chi connectivity index (χ3v) is 7.07. The molecule has 2 aromatic carbocycles. The van der Waals surface area contributed by atoms with Gasteiger partial charge in [0.05, 0.1) is 22.2 Å². The molecule has 0 spiro atoms. The molecule has 11 heteroatoms. The molecule has 5 rings (SSSR count). The van der Waals surface area contributed by atoms with Crippen LogP contribution in [0.1, 0.15) is 42.9 Å². The first-order valence-corrected chi connectivity index (χ1v) is 13.5. The van der Waals surface area contributed by atoms with Crippen molar-refractivity contribution in [3.63, 3.8) is 0 Å². The molecule has 1 fully saturated rings. The van der Waals surface area contributed by atoms with E-state index in [1.807, 2.05) is 24.3 Å². The van der Waals surface area contributed by atoms with Crippen LogP contribution in [0.25, 0.3) is 16.7 Å². The van der Waals surface area contributed by atoms with Gasteiger partial charge in [-0.1, -0.05) is 37.6 Å². The first-order chi connectivity index (χ1) is 18.8. The number of hydrogen-bond acceptors (Lipinski definition) is 7. The van der Waals surface area contributed by atoms with Crippen molar-refractivity contribution in [2.45, 2.75) is 33.1 Å². The summed E-state index contributed by atoms with van der Waals surface area (Å²) < 4.78 is 1.79. The molecule has 4 aromatic rings. The van der Waals surface area contributed by atoms with Crippen molar-refractivity contribution in [2.75, 3.05) is 31.1 Å². The number of nitrogens with zero attached hydrogens (tertiary/aromatic N) is 7. The highest BCUT2D eigenvalue weighted by molar-refractivity contribution is 6.30. The number of hydrogen-bond donors (Lipinski definition) is 0. The number of benzene rings is 2. The van der Waals surface area contributed by atoms with E-state index in [1.54, 1.807) is 27.9 Å². The number of carbonyl (C=O) groups is 1. The molecule has 1 saturated heterocycles. The minimum absolute atomic E-state index is 0.0914. The summed E-state index contributed by atoms with van der Waals surface area (Å²) in [5, 5.41) is 17.3. The number of amides is 1. The molecule has 0 aliphatic carbocycles. The number of rotatable bonds is 7. The van der Waals surface area contributed by atoms with Crippen LogP contribution in [0, 0.1) is 16.0 Å². The summed E-state index contributed by atoms with van der Waals surface area (Å²) >= 11 is 6.26. The maximum atomic E-state index is 13.2. The van der Waals surface area contributed by atoms with Crippen molar-refractivity contribution in [3.8, 4) is 5.69 Å².